The second kappa shape index (κ2) is 11.3. The highest BCUT2D eigenvalue weighted by atomic mass is 19.1. The average molecular weight is 496 g/mol. The van der Waals surface area contributed by atoms with E-state index in [1.54, 1.807) is 12.1 Å². The summed E-state index contributed by atoms with van der Waals surface area (Å²) in [5.74, 6) is -4.15. The van der Waals surface area contributed by atoms with Crippen molar-refractivity contribution in [2.24, 2.45) is 5.92 Å². The Morgan fingerprint density at radius 1 is 0.917 bits per heavy atom. The molecule has 6 nitrogen and oxygen atoms in total. The maximum Gasteiger partial charge on any atom is 0.306 e. The summed E-state index contributed by atoms with van der Waals surface area (Å²) in [6.07, 6.45) is 1.50. The largest absolute Gasteiger partial charge is 0.487 e. The number of fused-ring (bicyclic) bond motifs is 1. The van der Waals surface area contributed by atoms with Crippen LogP contribution in [0, 0.1) is 17.6 Å². The molecule has 2 N–H and O–H groups in total. The molecule has 0 bridgehead atoms. The van der Waals surface area contributed by atoms with Gasteiger partial charge in [0.1, 0.15) is 5.82 Å². The van der Waals surface area contributed by atoms with Crippen molar-refractivity contribution in [1.82, 2.24) is 5.32 Å². The Balaban J connectivity index is 1.27. The first-order valence-corrected chi connectivity index (χ1v) is 12.0. The Kier molecular flexibility index (Phi) is 7.93. The molecule has 1 saturated carbocycles. The van der Waals surface area contributed by atoms with Gasteiger partial charge in [0.25, 0.3) is 5.91 Å². The van der Waals surface area contributed by atoms with Crippen molar-refractivity contribution in [1.29, 1.82) is 0 Å². The highest BCUT2D eigenvalue weighted by Crippen LogP contribution is 2.30. The Bertz CT molecular complexity index is 1280. The van der Waals surface area contributed by atoms with E-state index in [9.17, 15) is 23.2 Å². The molecule has 0 aromatic heterocycles. The van der Waals surface area contributed by atoms with Gasteiger partial charge in [-0.3, -0.25) is 14.4 Å². The highest BCUT2D eigenvalue weighted by molar-refractivity contribution is 5.99. The lowest BCUT2D eigenvalue weighted by atomic mass is 9.87. The van der Waals surface area contributed by atoms with E-state index < -0.39 is 35.4 Å². The molecule has 1 fully saturated rings. The van der Waals surface area contributed by atoms with Crippen LogP contribution in [0.1, 0.15) is 59.2 Å². The third-order valence-electron chi connectivity index (χ3n) is 6.52. The van der Waals surface area contributed by atoms with Gasteiger partial charge < -0.3 is 15.2 Å². The second-order valence-electron chi connectivity index (χ2n) is 9.04. The summed E-state index contributed by atoms with van der Waals surface area (Å²) in [4.78, 5) is 35.9. The molecule has 0 spiro atoms. The summed E-state index contributed by atoms with van der Waals surface area (Å²) in [5, 5.41) is 13.8. The van der Waals surface area contributed by atoms with Crippen molar-refractivity contribution < 1.29 is 33.0 Å². The standard InChI is InChI=1S/C28H27F2NO5/c29-23-16-26(36-21-11-9-18(10-12-21)28(34)35)24(30)15-22(23)25(32)6-3-13-31-27(33)20-8-7-17-4-1-2-5-19(17)14-20/h1-2,4-5,7-8,14-16,18,21H,3,6,9-13H2,(H,31,33)(H,34,35). The molecule has 0 atom stereocenters. The first-order chi connectivity index (χ1) is 17.3. The van der Waals surface area contributed by atoms with E-state index in [4.69, 9.17) is 9.84 Å². The number of carbonyl (C=O) groups excluding carboxylic acids is 2. The normalized spacial score (nSPS) is 17.5. The number of rotatable bonds is 9. The van der Waals surface area contributed by atoms with E-state index in [1.807, 2.05) is 30.3 Å². The number of carboxylic acids is 1. The lowest BCUT2D eigenvalue weighted by Crippen LogP contribution is -2.28. The fraction of sp³-hybridized carbons (Fsp3) is 0.321. The Hall–Kier alpha value is -3.81. The molecule has 0 saturated heterocycles. The smallest absolute Gasteiger partial charge is 0.306 e. The highest BCUT2D eigenvalue weighted by Gasteiger charge is 2.28. The van der Waals surface area contributed by atoms with Gasteiger partial charge in [-0.1, -0.05) is 30.3 Å². The van der Waals surface area contributed by atoms with E-state index in [1.165, 1.54) is 0 Å². The van der Waals surface area contributed by atoms with Crippen molar-refractivity contribution in [2.75, 3.05) is 6.54 Å². The Morgan fingerprint density at radius 2 is 1.64 bits per heavy atom. The number of amides is 1. The number of Topliss-reactive ketones (excluding diaryl/α,β-unsaturated/α-hetero) is 1. The van der Waals surface area contributed by atoms with Crippen LogP contribution in [0.15, 0.2) is 54.6 Å². The van der Waals surface area contributed by atoms with Crippen LogP contribution in [0.3, 0.4) is 0 Å². The summed E-state index contributed by atoms with van der Waals surface area (Å²) in [6, 6.07) is 14.8. The summed E-state index contributed by atoms with van der Waals surface area (Å²) in [6.45, 7) is 0.210. The second-order valence-corrected chi connectivity index (χ2v) is 9.04. The topological polar surface area (TPSA) is 92.7 Å². The van der Waals surface area contributed by atoms with E-state index >= 15 is 0 Å². The first kappa shape index (κ1) is 25.3. The van der Waals surface area contributed by atoms with Gasteiger partial charge in [0.2, 0.25) is 0 Å². The summed E-state index contributed by atoms with van der Waals surface area (Å²) in [7, 11) is 0. The molecule has 0 unspecified atom stereocenters. The average Bonchev–Trinajstić information content (AvgIpc) is 2.88. The third kappa shape index (κ3) is 6.05. The molecule has 4 rings (SSSR count). The minimum Gasteiger partial charge on any atom is -0.487 e. The van der Waals surface area contributed by atoms with Crippen LogP contribution >= 0.6 is 0 Å². The SMILES string of the molecule is O=C(NCCCC(=O)c1cc(F)c(OC2CCC(C(=O)O)CC2)cc1F)c1ccc2ccccc2c1. The van der Waals surface area contributed by atoms with Crippen LogP contribution in [0.2, 0.25) is 0 Å². The van der Waals surface area contributed by atoms with Gasteiger partial charge in [0.05, 0.1) is 17.6 Å². The van der Waals surface area contributed by atoms with Gasteiger partial charge >= 0.3 is 5.97 Å². The molecular formula is C28H27F2NO5. The van der Waals surface area contributed by atoms with Crippen molar-refractivity contribution in [3.8, 4) is 5.75 Å². The number of nitrogens with one attached hydrogen (secondary N) is 1. The number of aliphatic carboxylic acids is 1. The predicted octanol–water partition coefficient (Wildman–Crippen LogP) is 5.53. The Labute approximate surface area is 207 Å². The van der Waals surface area contributed by atoms with E-state index in [0.29, 0.717) is 31.2 Å². The number of carbonyl (C=O) groups is 3. The zero-order valence-corrected chi connectivity index (χ0v) is 19.6. The molecule has 3 aromatic carbocycles. The number of ketones is 1. The summed E-state index contributed by atoms with van der Waals surface area (Å²) in [5.41, 5.74) is 0.135. The molecule has 8 heteroatoms. The van der Waals surface area contributed by atoms with Crippen LogP contribution in [0.4, 0.5) is 8.78 Å². The van der Waals surface area contributed by atoms with Gasteiger partial charge in [0.15, 0.2) is 17.3 Å². The number of carboxylic acid groups (broad SMARTS) is 1. The van der Waals surface area contributed by atoms with Crippen LogP contribution in [0.5, 0.6) is 5.75 Å². The lowest BCUT2D eigenvalue weighted by molar-refractivity contribution is -0.143. The molecular weight excluding hydrogens is 468 g/mol. The third-order valence-corrected chi connectivity index (χ3v) is 6.52. The fourth-order valence-corrected chi connectivity index (χ4v) is 4.46. The van der Waals surface area contributed by atoms with Crippen molar-refractivity contribution in [3.05, 3.63) is 77.4 Å². The predicted molar refractivity (Wildman–Crippen MR) is 130 cm³/mol. The zero-order chi connectivity index (χ0) is 25.7. The number of ether oxygens (including phenoxy) is 1. The van der Waals surface area contributed by atoms with Gasteiger partial charge in [-0.05, 0) is 61.1 Å². The summed E-state index contributed by atoms with van der Waals surface area (Å²) < 4.78 is 34.7. The van der Waals surface area contributed by atoms with Gasteiger partial charge in [0, 0.05) is 24.6 Å². The molecule has 0 heterocycles. The molecule has 3 aromatic rings. The minimum absolute atomic E-state index is 0.0617. The number of benzene rings is 3. The Morgan fingerprint density at radius 3 is 2.36 bits per heavy atom. The monoisotopic (exact) mass is 495 g/mol. The maximum atomic E-state index is 14.6. The van der Waals surface area contributed by atoms with Crippen LogP contribution in [-0.4, -0.2) is 35.4 Å². The van der Waals surface area contributed by atoms with Gasteiger partial charge in [-0.2, -0.15) is 0 Å². The first-order valence-electron chi connectivity index (χ1n) is 12.0. The van der Waals surface area contributed by atoms with E-state index in [0.717, 1.165) is 22.9 Å². The van der Waals surface area contributed by atoms with E-state index in [2.05, 4.69) is 5.32 Å². The number of halogens is 2. The van der Waals surface area contributed by atoms with Crippen LogP contribution in [-0.2, 0) is 4.79 Å². The molecule has 188 valence electrons. The molecule has 0 aliphatic heterocycles. The quantitative estimate of drug-likeness (QED) is 0.301. The van der Waals surface area contributed by atoms with Crippen molar-refractivity contribution in [2.45, 2.75) is 44.6 Å². The van der Waals surface area contributed by atoms with Crippen molar-refractivity contribution >= 4 is 28.4 Å². The molecule has 1 aliphatic rings. The van der Waals surface area contributed by atoms with Crippen LogP contribution < -0.4 is 10.1 Å². The molecule has 0 radical (unpaired) electrons. The maximum absolute atomic E-state index is 14.6. The minimum atomic E-state index is -0.879. The fourth-order valence-electron chi connectivity index (χ4n) is 4.46. The van der Waals surface area contributed by atoms with E-state index in [-0.39, 0.29) is 36.6 Å². The van der Waals surface area contributed by atoms with Gasteiger partial charge in [-0.25, -0.2) is 8.78 Å². The lowest BCUT2D eigenvalue weighted by Gasteiger charge is -2.27. The molecule has 36 heavy (non-hydrogen) atoms. The number of hydrogen-bond acceptors (Lipinski definition) is 4. The van der Waals surface area contributed by atoms with Crippen LogP contribution in [0.25, 0.3) is 10.8 Å². The molecule has 1 aliphatic carbocycles. The molecule has 1 amide bonds. The van der Waals surface area contributed by atoms with Crippen molar-refractivity contribution in [3.63, 3.8) is 0 Å². The number of hydrogen-bond donors (Lipinski definition) is 2. The zero-order valence-electron chi connectivity index (χ0n) is 19.6. The summed E-state index contributed by atoms with van der Waals surface area (Å²) >= 11 is 0. The van der Waals surface area contributed by atoms with Gasteiger partial charge in [-0.15, -0.1) is 0 Å².